The number of hydrogen-bond donors (Lipinski definition) is 2. The van der Waals surface area contributed by atoms with Gasteiger partial charge >= 0.3 is 0 Å². The van der Waals surface area contributed by atoms with Gasteiger partial charge in [0.1, 0.15) is 0 Å². The Hall–Kier alpha value is -0.980. The van der Waals surface area contributed by atoms with Gasteiger partial charge in [-0.1, -0.05) is 12.1 Å². The number of nitrogens with one attached hydrogen (secondary N) is 1. The summed E-state index contributed by atoms with van der Waals surface area (Å²) in [4.78, 5) is 2.52. The minimum absolute atomic E-state index is 0.101. The summed E-state index contributed by atoms with van der Waals surface area (Å²) in [5.74, 6) is 0. The van der Waals surface area contributed by atoms with E-state index >= 15 is 0 Å². The van der Waals surface area contributed by atoms with Gasteiger partial charge in [0.2, 0.25) is 0 Å². The topological polar surface area (TPSA) is 66.2 Å². The Labute approximate surface area is 108 Å². The standard InChI is InChI=1S/C12H23N5O/c1-2-16-5-3-4-12(16)9-13-8-11-10-17(6-7-18)15-14-11/h10,12-13,18H,2-9H2,1H3. The number of hydrogen-bond acceptors (Lipinski definition) is 5. The molecule has 6 heteroatoms. The molecule has 2 heterocycles. The van der Waals surface area contributed by atoms with Crippen LogP contribution in [0.2, 0.25) is 0 Å². The molecule has 0 spiro atoms. The highest BCUT2D eigenvalue weighted by molar-refractivity contribution is 4.92. The highest BCUT2D eigenvalue weighted by atomic mass is 16.3. The SMILES string of the molecule is CCN1CCCC1CNCc1cn(CCO)nn1. The second-order valence-corrected chi connectivity index (χ2v) is 4.75. The van der Waals surface area contributed by atoms with Crippen molar-refractivity contribution < 1.29 is 5.11 Å². The number of likely N-dealkylation sites (N-methyl/N-ethyl adjacent to an activating group) is 1. The number of rotatable bonds is 7. The summed E-state index contributed by atoms with van der Waals surface area (Å²) in [5.41, 5.74) is 0.935. The molecule has 0 radical (unpaired) electrons. The first-order valence-electron chi connectivity index (χ1n) is 6.78. The van der Waals surface area contributed by atoms with Crippen LogP contribution in [0.3, 0.4) is 0 Å². The average molecular weight is 253 g/mol. The number of aliphatic hydroxyl groups is 1. The molecule has 0 amide bonds. The van der Waals surface area contributed by atoms with Gasteiger partial charge in [0.15, 0.2) is 0 Å². The van der Waals surface area contributed by atoms with E-state index in [0.717, 1.165) is 25.3 Å². The zero-order valence-electron chi connectivity index (χ0n) is 11.0. The summed E-state index contributed by atoms with van der Waals surface area (Å²) < 4.78 is 1.67. The zero-order valence-corrected chi connectivity index (χ0v) is 11.0. The zero-order chi connectivity index (χ0) is 12.8. The molecule has 2 rings (SSSR count). The number of likely N-dealkylation sites (tertiary alicyclic amines) is 1. The van der Waals surface area contributed by atoms with Crippen LogP contribution in [0.25, 0.3) is 0 Å². The largest absolute Gasteiger partial charge is 0.394 e. The van der Waals surface area contributed by atoms with Gasteiger partial charge in [-0.25, -0.2) is 4.68 Å². The fourth-order valence-corrected chi connectivity index (χ4v) is 2.54. The molecule has 1 aromatic heterocycles. The van der Waals surface area contributed by atoms with Crippen LogP contribution in [0.4, 0.5) is 0 Å². The summed E-state index contributed by atoms with van der Waals surface area (Å²) in [6, 6.07) is 0.669. The Kier molecular flexibility index (Phi) is 5.10. The van der Waals surface area contributed by atoms with Gasteiger partial charge < -0.3 is 10.4 Å². The van der Waals surface area contributed by atoms with E-state index in [1.54, 1.807) is 4.68 Å². The first-order chi connectivity index (χ1) is 8.83. The second kappa shape index (κ2) is 6.82. The van der Waals surface area contributed by atoms with E-state index in [4.69, 9.17) is 5.11 Å². The highest BCUT2D eigenvalue weighted by Crippen LogP contribution is 2.15. The lowest BCUT2D eigenvalue weighted by molar-refractivity contribution is 0.259. The van der Waals surface area contributed by atoms with Crippen LogP contribution < -0.4 is 5.32 Å². The molecular weight excluding hydrogens is 230 g/mol. The maximum absolute atomic E-state index is 8.80. The maximum atomic E-state index is 8.80. The van der Waals surface area contributed by atoms with Crippen molar-refractivity contribution in [2.24, 2.45) is 0 Å². The van der Waals surface area contributed by atoms with Crippen molar-refractivity contribution in [2.75, 3.05) is 26.2 Å². The van der Waals surface area contributed by atoms with Crippen molar-refractivity contribution >= 4 is 0 Å². The Morgan fingerprint density at radius 3 is 3.22 bits per heavy atom. The second-order valence-electron chi connectivity index (χ2n) is 4.75. The van der Waals surface area contributed by atoms with Crippen LogP contribution in [0, 0.1) is 0 Å². The molecule has 1 fully saturated rings. The summed E-state index contributed by atoms with van der Waals surface area (Å²) in [5, 5.41) is 20.2. The fraction of sp³-hybridized carbons (Fsp3) is 0.833. The summed E-state index contributed by atoms with van der Waals surface area (Å²) in [6.07, 6.45) is 4.49. The number of aliphatic hydroxyl groups excluding tert-OH is 1. The lowest BCUT2D eigenvalue weighted by Crippen LogP contribution is -2.37. The summed E-state index contributed by atoms with van der Waals surface area (Å²) in [6.45, 7) is 6.97. The van der Waals surface area contributed by atoms with Crippen LogP contribution in [-0.4, -0.2) is 57.3 Å². The normalized spacial score (nSPS) is 20.7. The molecular formula is C12H23N5O. The molecule has 1 aliphatic heterocycles. The molecule has 1 aliphatic rings. The van der Waals surface area contributed by atoms with Crippen LogP contribution in [0.15, 0.2) is 6.20 Å². The van der Waals surface area contributed by atoms with E-state index in [-0.39, 0.29) is 6.61 Å². The highest BCUT2D eigenvalue weighted by Gasteiger charge is 2.22. The Morgan fingerprint density at radius 2 is 2.44 bits per heavy atom. The molecule has 1 unspecified atom stereocenters. The monoisotopic (exact) mass is 253 g/mol. The Bertz CT molecular complexity index is 354. The van der Waals surface area contributed by atoms with Crippen molar-refractivity contribution in [3.05, 3.63) is 11.9 Å². The third-order valence-electron chi connectivity index (χ3n) is 3.51. The van der Waals surface area contributed by atoms with Gasteiger partial charge in [-0.05, 0) is 25.9 Å². The van der Waals surface area contributed by atoms with Gasteiger partial charge in [0.05, 0.1) is 18.8 Å². The Morgan fingerprint density at radius 1 is 1.56 bits per heavy atom. The van der Waals surface area contributed by atoms with Crippen molar-refractivity contribution in [3.8, 4) is 0 Å². The van der Waals surface area contributed by atoms with E-state index in [1.807, 2.05) is 6.20 Å². The molecule has 0 aromatic carbocycles. The van der Waals surface area contributed by atoms with Gasteiger partial charge in [0.25, 0.3) is 0 Å². The van der Waals surface area contributed by atoms with E-state index in [1.165, 1.54) is 19.4 Å². The molecule has 6 nitrogen and oxygen atoms in total. The molecule has 0 aliphatic carbocycles. The first-order valence-corrected chi connectivity index (χ1v) is 6.78. The van der Waals surface area contributed by atoms with E-state index in [2.05, 4.69) is 27.5 Å². The molecule has 1 aromatic rings. The van der Waals surface area contributed by atoms with Crippen LogP contribution in [0.1, 0.15) is 25.5 Å². The molecule has 102 valence electrons. The number of aromatic nitrogens is 3. The van der Waals surface area contributed by atoms with E-state index < -0.39 is 0 Å². The van der Waals surface area contributed by atoms with Crippen molar-refractivity contribution in [3.63, 3.8) is 0 Å². The minimum Gasteiger partial charge on any atom is -0.394 e. The van der Waals surface area contributed by atoms with Crippen LogP contribution >= 0.6 is 0 Å². The van der Waals surface area contributed by atoms with E-state index in [9.17, 15) is 0 Å². The fourth-order valence-electron chi connectivity index (χ4n) is 2.54. The molecule has 18 heavy (non-hydrogen) atoms. The van der Waals surface area contributed by atoms with Crippen molar-refractivity contribution in [1.82, 2.24) is 25.2 Å². The van der Waals surface area contributed by atoms with Crippen molar-refractivity contribution in [2.45, 2.75) is 38.9 Å². The Balaban J connectivity index is 1.71. The quantitative estimate of drug-likeness (QED) is 0.707. The van der Waals surface area contributed by atoms with Gasteiger partial charge in [0, 0.05) is 25.3 Å². The number of nitrogens with zero attached hydrogens (tertiary/aromatic N) is 4. The van der Waals surface area contributed by atoms with Gasteiger partial charge in [-0.15, -0.1) is 5.10 Å². The summed E-state index contributed by atoms with van der Waals surface area (Å²) in [7, 11) is 0. The lowest BCUT2D eigenvalue weighted by atomic mass is 10.2. The third-order valence-corrected chi connectivity index (χ3v) is 3.51. The molecule has 0 bridgehead atoms. The predicted octanol–water partition coefficient (Wildman–Crippen LogP) is -0.156. The minimum atomic E-state index is 0.101. The summed E-state index contributed by atoms with van der Waals surface area (Å²) >= 11 is 0. The maximum Gasteiger partial charge on any atom is 0.0964 e. The third kappa shape index (κ3) is 3.51. The van der Waals surface area contributed by atoms with Crippen molar-refractivity contribution in [1.29, 1.82) is 0 Å². The van der Waals surface area contributed by atoms with Crippen LogP contribution in [0.5, 0.6) is 0 Å². The first kappa shape index (κ1) is 13.5. The van der Waals surface area contributed by atoms with Gasteiger partial charge in [-0.3, -0.25) is 4.90 Å². The smallest absolute Gasteiger partial charge is 0.0964 e. The lowest BCUT2D eigenvalue weighted by Gasteiger charge is -2.22. The van der Waals surface area contributed by atoms with Gasteiger partial charge in [-0.2, -0.15) is 0 Å². The molecule has 2 N–H and O–H groups in total. The van der Waals surface area contributed by atoms with Crippen LogP contribution in [-0.2, 0) is 13.1 Å². The molecule has 1 saturated heterocycles. The average Bonchev–Trinajstić information content (AvgIpc) is 2.99. The molecule has 0 saturated carbocycles. The van der Waals surface area contributed by atoms with E-state index in [0.29, 0.717) is 12.6 Å². The predicted molar refractivity (Wildman–Crippen MR) is 69.1 cm³/mol. The molecule has 1 atom stereocenters.